The normalized spacial score (nSPS) is 16.5. The van der Waals surface area contributed by atoms with Gasteiger partial charge < -0.3 is 14.7 Å². The monoisotopic (exact) mass is 405 g/mol. The Balaban J connectivity index is 1.82. The molecule has 0 aliphatic carbocycles. The lowest BCUT2D eigenvalue weighted by Gasteiger charge is -2.25. The highest BCUT2D eigenvalue weighted by molar-refractivity contribution is 7.18. The molecule has 2 aromatic rings. The first-order valence-corrected chi connectivity index (χ1v) is 9.25. The van der Waals surface area contributed by atoms with Crippen molar-refractivity contribution in [3.63, 3.8) is 0 Å². The number of hydrogen-bond acceptors (Lipinski definition) is 5. The number of ether oxygens (including phenoxy) is 1. The average molecular weight is 405 g/mol. The van der Waals surface area contributed by atoms with Crippen LogP contribution >= 0.6 is 9.24 Å². The number of hydrogen-bond donors (Lipinski definition) is 1. The minimum atomic E-state index is -1.55. The minimum absolute atomic E-state index is 0.106. The number of amides is 1. The summed E-state index contributed by atoms with van der Waals surface area (Å²) in [5.74, 6) is -1.08. The molecule has 3 atom stereocenters. The van der Waals surface area contributed by atoms with Crippen molar-refractivity contribution in [2.24, 2.45) is 0 Å². The van der Waals surface area contributed by atoms with Crippen LogP contribution in [-0.4, -0.2) is 43.9 Å². The second kappa shape index (κ2) is 7.43. The van der Waals surface area contributed by atoms with Crippen LogP contribution in [0.25, 0.3) is 0 Å². The Morgan fingerprint density at radius 1 is 1.50 bits per heavy atom. The minimum Gasteiger partial charge on any atom is -0.477 e. The topological polar surface area (TPSA) is 92.6 Å². The van der Waals surface area contributed by atoms with Crippen molar-refractivity contribution in [3.8, 4) is 5.88 Å². The molecule has 1 amide bonds. The van der Waals surface area contributed by atoms with Gasteiger partial charge in [0.25, 0.3) is 5.91 Å². The third-order valence-corrected chi connectivity index (χ3v) is 4.74. The lowest BCUT2D eigenvalue weighted by molar-refractivity contribution is 0.0678. The van der Waals surface area contributed by atoms with E-state index in [9.17, 15) is 19.1 Å². The largest absolute Gasteiger partial charge is 0.477 e. The van der Waals surface area contributed by atoms with Crippen LogP contribution in [0.2, 0.25) is 0 Å². The van der Waals surface area contributed by atoms with Crippen LogP contribution in [0.5, 0.6) is 5.88 Å². The van der Waals surface area contributed by atoms with Gasteiger partial charge in [-0.15, -0.1) is 0 Å². The second-order valence-corrected chi connectivity index (χ2v) is 8.26. The van der Waals surface area contributed by atoms with Crippen molar-refractivity contribution in [1.82, 2.24) is 14.9 Å². The maximum absolute atomic E-state index is 13.6. The zero-order chi connectivity index (χ0) is 20.6. The molecule has 148 valence electrons. The SMILES string of the molecule is Cc1cc(C(C)N2Cc3c(ccnc3C(=O)O)C2=O)cnc1OCC(C)(F)P. The van der Waals surface area contributed by atoms with Crippen molar-refractivity contribution in [1.29, 1.82) is 0 Å². The molecule has 1 N–H and O–H groups in total. The Morgan fingerprint density at radius 2 is 2.21 bits per heavy atom. The molecular weight excluding hydrogens is 384 g/mol. The molecule has 3 unspecified atom stereocenters. The zero-order valence-electron chi connectivity index (χ0n) is 15.8. The molecule has 0 aromatic carbocycles. The number of fused-ring (bicyclic) bond motifs is 1. The number of halogens is 1. The van der Waals surface area contributed by atoms with Crippen molar-refractivity contribution in [2.45, 2.75) is 38.8 Å². The molecule has 0 saturated heterocycles. The number of aromatic nitrogens is 2. The molecule has 28 heavy (non-hydrogen) atoms. The second-order valence-electron chi connectivity index (χ2n) is 7.06. The number of aryl methyl sites for hydroxylation is 1. The van der Waals surface area contributed by atoms with Gasteiger partial charge in [0.2, 0.25) is 5.88 Å². The molecule has 0 spiro atoms. The summed E-state index contributed by atoms with van der Waals surface area (Å²) in [4.78, 5) is 33.9. The van der Waals surface area contributed by atoms with E-state index in [1.807, 2.05) is 13.0 Å². The Labute approximate surface area is 164 Å². The van der Waals surface area contributed by atoms with Crippen molar-refractivity contribution >= 4 is 21.1 Å². The van der Waals surface area contributed by atoms with Crippen LogP contribution in [0.3, 0.4) is 0 Å². The predicted octanol–water partition coefficient (Wildman–Crippen LogP) is 3.14. The van der Waals surface area contributed by atoms with Crippen LogP contribution in [0.15, 0.2) is 24.5 Å². The number of carboxylic acid groups (broad SMARTS) is 1. The first kappa shape index (κ1) is 20.1. The van der Waals surface area contributed by atoms with Crippen LogP contribution in [-0.2, 0) is 6.54 Å². The summed E-state index contributed by atoms with van der Waals surface area (Å²) in [7, 11) is 2.07. The van der Waals surface area contributed by atoms with E-state index < -0.39 is 11.4 Å². The van der Waals surface area contributed by atoms with Gasteiger partial charge in [0.1, 0.15) is 6.61 Å². The quantitative estimate of drug-likeness (QED) is 0.743. The van der Waals surface area contributed by atoms with E-state index >= 15 is 0 Å². The van der Waals surface area contributed by atoms with Crippen molar-refractivity contribution in [3.05, 3.63) is 52.5 Å². The maximum atomic E-state index is 13.6. The number of rotatable bonds is 6. The molecule has 3 heterocycles. The molecule has 1 aliphatic heterocycles. The summed E-state index contributed by atoms with van der Waals surface area (Å²) in [6.45, 7) is 5.04. The molecule has 0 radical (unpaired) electrons. The van der Waals surface area contributed by atoms with E-state index in [2.05, 4.69) is 19.2 Å². The van der Waals surface area contributed by atoms with Crippen LogP contribution in [0.1, 0.15) is 57.4 Å². The molecule has 2 aromatic heterocycles. The first-order valence-electron chi connectivity index (χ1n) is 8.68. The van der Waals surface area contributed by atoms with Gasteiger partial charge in [0, 0.05) is 35.6 Å². The van der Waals surface area contributed by atoms with Crippen LogP contribution < -0.4 is 4.74 Å². The third-order valence-electron chi connectivity index (χ3n) is 4.57. The Hall–Kier alpha value is -2.60. The number of nitrogens with zero attached hydrogens (tertiary/aromatic N) is 3. The van der Waals surface area contributed by atoms with E-state index in [4.69, 9.17) is 4.74 Å². The van der Waals surface area contributed by atoms with Crippen LogP contribution in [0, 0.1) is 6.92 Å². The highest BCUT2D eigenvalue weighted by atomic mass is 31.0. The highest BCUT2D eigenvalue weighted by Crippen LogP contribution is 2.33. The van der Waals surface area contributed by atoms with Crippen LogP contribution in [0.4, 0.5) is 4.39 Å². The first-order chi connectivity index (χ1) is 13.1. The van der Waals surface area contributed by atoms with E-state index in [1.165, 1.54) is 19.2 Å². The molecule has 0 bridgehead atoms. The molecule has 9 heteroatoms. The fourth-order valence-corrected chi connectivity index (χ4v) is 3.18. The summed E-state index contributed by atoms with van der Waals surface area (Å²) >= 11 is 0. The molecule has 0 fully saturated rings. The zero-order valence-corrected chi connectivity index (χ0v) is 16.9. The standard InChI is InChI=1S/C19H21FN3O4P/c1-10-6-12(7-22-16(10)27-9-19(3,20)28)11(2)23-8-14-13(17(23)24)4-5-21-15(14)18(25)26/h4-7,11H,8-9,28H2,1-3H3,(H,25,26). The van der Waals surface area contributed by atoms with E-state index in [0.717, 1.165) is 11.1 Å². The number of carbonyl (C=O) groups is 2. The van der Waals surface area contributed by atoms with Gasteiger partial charge in [-0.1, -0.05) is 9.24 Å². The number of aromatic carboxylic acids is 1. The lowest BCUT2D eigenvalue weighted by Crippen LogP contribution is -2.27. The predicted molar refractivity (Wildman–Crippen MR) is 103 cm³/mol. The summed E-state index contributed by atoms with van der Waals surface area (Å²) in [5, 5.41) is 7.76. The van der Waals surface area contributed by atoms with Gasteiger partial charge in [-0.25, -0.2) is 19.2 Å². The fraction of sp³-hybridized carbons (Fsp3) is 0.368. The highest BCUT2D eigenvalue weighted by Gasteiger charge is 2.35. The van der Waals surface area contributed by atoms with Gasteiger partial charge in [0.15, 0.2) is 11.1 Å². The molecule has 0 saturated carbocycles. The van der Waals surface area contributed by atoms with Crippen molar-refractivity contribution < 1.29 is 23.8 Å². The number of pyridine rings is 2. The van der Waals surface area contributed by atoms with Gasteiger partial charge in [-0.3, -0.25) is 4.79 Å². The summed E-state index contributed by atoms with van der Waals surface area (Å²) in [6, 6.07) is 3.03. The fourth-order valence-electron chi connectivity index (χ4n) is 3.10. The van der Waals surface area contributed by atoms with Crippen molar-refractivity contribution in [2.75, 3.05) is 6.61 Å². The van der Waals surface area contributed by atoms with E-state index in [-0.39, 0.29) is 30.8 Å². The Morgan fingerprint density at radius 3 is 2.82 bits per heavy atom. The van der Waals surface area contributed by atoms with Gasteiger partial charge >= 0.3 is 5.97 Å². The average Bonchev–Trinajstić information content (AvgIpc) is 2.96. The smallest absolute Gasteiger partial charge is 0.354 e. The molecule has 1 aliphatic rings. The number of carbonyl (C=O) groups excluding carboxylic acids is 1. The van der Waals surface area contributed by atoms with Gasteiger partial charge in [-0.05, 0) is 38.5 Å². The van der Waals surface area contributed by atoms with E-state index in [0.29, 0.717) is 17.0 Å². The third kappa shape index (κ3) is 3.97. The van der Waals surface area contributed by atoms with Gasteiger partial charge in [0.05, 0.1) is 6.04 Å². The molecular formula is C19H21FN3O4P. The van der Waals surface area contributed by atoms with E-state index in [1.54, 1.807) is 18.0 Å². The number of carboxylic acids is 1. The Kier molecular flexibility index (Phi) is 5.35. The summed E-state index contributed by atoms with van der Waals surface area (Å²) < 4.78 is 19.0. The maximum Gasteiger partial charge on any atom is 0.354 e. The lowest BCUT2D eigenvalue weighted by atomic mass is 10.1. The number of alkyl halides is 1. The Bertz CT molecular complexity index is 945. The summed E-state index contributed by atoms with van der Waals surface area (Å²) in [6.07, 6.45) is 2.91. The molecule has 7 nitrogen and oxygen atoms in total. The summed E-state index contributed by atoms with van der Waals surface area (Å²) in [5.41, 5.74) is 2.15. The molecule has 3 rings (SSSR count). The van der Waals surface area contributed by atoms with Gasteiger partial charge in [-0.2, -0.15) is 0 Å².